The van der Waals surface area contributed by atoms with Gasteiger partial charge in [-0.25, -0.2) is 0 Å². The average molecular weight is 288 g/mol. The molecule has 1 amide bonds. The van der Waals surface area contributed by atoms with Crippen molar-refractivity contribution in [3.8, 4) is 5.75 Å². The Morgan fingerprint density at radius 2 is 2.17 bits per heavy atom. The minimum Gasteiger partial charge on any atom is -0.493 e. The molecule has 0 aromatic heterocycles. The minimum atomic E-state index is -0.0445. The van der Waals surface area contributed by atoms with E-state index in [9.17, 15) is 4.79 Å². The quantitative estimate of drug-likeness (QED) is 0.616. The van der Waals surface area contributed by atoms with Crippen molar-refractivity contribution in [2.24, 2.45) is 0 Å². The van der Waals surface area contributed by atoms with E-state index in [0.29, 0.717) is 35.4 Å². The predicted octanol–water partition coefficient (Wildman–Crippen LogP) is 3.45. The van der Waals surface area contributed by atoms with Crippen LogP contribution >= 0.6 is 23.2 Å². The second kappa shape index (κ2) is 8.01. The highest BCUT2D eigenvalue weighted by Gasteiger charge is 2.03. The van der Waals surface area contributed by atoms with Crippen LogP contribution in [0.2, 0.25) is 10.0 Å². The molecule has 0 fully saturated rings. The molecule has 0 aliphatic carbocycles. The summed E-state index contributed by atoms with van der Waals surface area (Å²) in [6, 6.07) is 4.99. The molecule has 1 aromatic carbocycles. The van der Waals surface area contributed by atoms with Crippen LogP contribution in [0.3, 0.4) is 0 Å². The molecule has 0 saturated carbocycles. The summed E-state index contributed by atoms with van der Waals surface area (Å²) >= 11 is 11.6. The Morgan fingerprint density at radius 1 is 1.39 bits per heavy atom. The number of ether oxygens (including phenoxy) is 1. The first kappa shape index (κ1) is 14.9. The third-order valence-electron chi connectivity index (χ3n) is 2.16. The van der Waals surface area contributed by atoms with Crippen molar-refractivity contribution >= 4 is 29.1 Å². The monoisotopic (exact) mass is 287 g/mol. The van der Waals surface area contributed by atoms with Crippen LogP contribution in [0.15, 0.2) is 30.9 Å². The highest BCUT2D eigenvalue weighted by atomic mass is 35.5. The number of rotatable bonds is 7. The molecule has 0 saturated heterocycles. The lowest BCUT2D eigenvalue weighted by Gasteiger charge is -2.07. The van der Waals surface area contributed by atoms with Gasteiger partial charge in [0, 0.05) is 12.6 Å². The molecule has 98 valence electrons. The van der Waals surface area contributed by atoms with Gasteiger partial charge in [0.15, 0.2) is 0 Å². The van der Waals surface area contributed by atoms with Gasteiger partial charge in [0.1, 0.15) is 5.75 Å². The van der Waals surface area contributed by atoms with Crippen molar-refractivity contribution in [2.75, 3.05) is 13.2 Å². The fourth-order valence-corrected chi connectivity index (χ4v) is 1.52. The van der Waals surface area contributed by atoms with Crippen LogP contribution in [0.4, 0.5) is 0 Å². The van der Waals surface area contributed by atoms with Gasteiger partial charge in [0.2, 0.25) is 5.91 Å². The van der Waals surface area contributed by atoms with Crippen molar-refractivity contribution in [3.63, 3.8) is 0 Å². The van der Waals surface area contributed by atoms with Crippen LogP contribution in [0.25, 0.3) is 0 Å². The van der Waals surface area contributed by atoms with Gasteiger partial charge in [0.05, 0.1) is 23.1 Å². The van der Waals surface area contributed by atoms with Gasteiger partial charge in [-0.05, 0) is 18.6 Å². The second-order valence-electron chi connectivity index (χ2n) is 3.60. The van der Waals surface area contributed by atoms with Gasteiger partial charge in [-0.15, -0.1) is 6.58 Å². The highest BCUT2D eigenvalue weighted by Crippen LogP contribution is 2.26. The van der Waals surface area contributed by atoms with Gasteiger partial charge in [0.25, 0.3) is 0 Å². The molecule has 3 nitrogen and oxygen atoms in total. The Hall–Kier alpha value is -1.19. The fourth-order valence-electron chi connectivity index (χ4n) is 1.23. The summed E-state index contributed by atoms with van der Waals surface area (Å²) in [5, 5.41) is 3.67. The van der Waals surface area contributed by atoms with E-state index in [-0.39, 0.29) is 5.91 Å². The van der Waals surface area contributed by atoms with Crippen LogP contribution < -0.4 is 10.1 Å². The summed E-state index contributed by atoms with van der Waals surface area (Å²) in [5.74, 6) is 0.556. The maximum atomic E-state index is 11.4. The lowest BCUT2D eigenvalue weighted by molar-refractivity contribution is -0.121. The van der Waals surface area contributed by atoms with Crippen LogP contribution in [0.5, 0.6) is 5.75 Å². The molecule has 0 atom stereocenters. The predicted molar refractivity (Wildman–Crippen MR) is 74.4 cm³/mol. The summed E-state index contributed by atoms with van der Waals surface area (Å²) in [5.41, 5.74) is 0. The molecule has 0 bridgehead atoms. The van der Waals surface area contributed by atoms with E-state index < -0.39 is 0 Å². The number of hydrogen-bond acceptors (Lipinski definition) is 2. The maximum absolute atomic E-state index is 11.4. The summed E-state index contributed by atoms with van der Waals surface area (Å²) in [4.78, 5) is 11.4. The van der Waals surface area contributed by atoms with Crippen molar-refractivity contribution in [1.29, 1.82) is 0 Å². The molecular weight excluding hydrogens is 273 g/mol. The van der Waals surface area contributed by atoms with Gasteiger partial charge in [-0.2, -0.15) is 0 Å². The molecule has 0 unspecified atom stereocenters. The molecule has 1 N–H and O–H groups in total. The Balaban J connectivity index is 2.26. The molecule has 0 spiro atoms. The summed E-state index contributed by atoms with van der Waals surface area (Å²) in [7, 11) is 0. The largest absolute Gasteiger partial charge is 0.493 e. The van der Waals surface area contributed by atoms with Crippen molar-refractivity contribution in [2.45, 2.75) is 12.8 Å². The van der Waals surface area contributed by atoms with E-state index in [2.05, 4.69) is 11.9 Å². The topological polar surface area (TPSA) is 38.3 Å². The zero-order valence-electron chi connectivity index (χ0n) is 9.92. The van der Waals surface area contributed by atoms with Crippen LogP contribution in [0, 0.1) is 0 Å². The van der Waals surface area contributed by atoms with Gasteiger partial charge >= 0.3 is 0 Å². The molecule has 1 rings (SSSR count). The number of hydrogen-bond donors (Lipinski definition) is 1. The lowest BCUT2D eigenvalue weighted by atomic mass is 10.3. The third-order valence-corrected chi connectivity index (χ3v) is 2.90. The van der Waals surface area contributed by atoms with Gasteiger partial charge < -0.3 is 10.1 Å². The summed E-state index contributed by atoms with van der Waals surface area (Å²) < 4.78 is 5.39. The molecule has 18 heavy (non-hydrogen) atoms. The SMILES string of the molecule is C=CCCNC(=O)CCOc1ccc(Cl)c(Cl)c1. The first-order chi connectivity index (χ1) is 8.63. The molecule has 0 heterocycles. The number of halogens is 2. The molecule has 1 aromatic rings. The number of carbonyl (C=O) groups is 1. The van der Waals surface area contributed by atoms with E-state index >= 15 is 0 Å². The molecule has 5 heteroatoms. The number of benzene rings is 1. The van der Waals surface area contributed by atoms with Gasteiger partial charge in [-0.1, -0.05) is 29.3 Å². The van der Waals surface area contributed by atoms with Crippen LogP contribution in [0.1, 0.15) is 12.8 Å². The fraction of sp³-hybridized carbons (Fsp3) is 0.308. The van der Waals surface area contributed by atoms with Crippen molar-refractivity contribution in [3.05, 3.63) is 40.9 Å². The first-order valence-corrected chi connectivity index (χ1v) is 6.34. The van der Waals surface area contributed by atoms with Crippen LogP contribution in [-0.2, 0) is 4.79 Å². The van der Waals surface area contributed by atoms with E-state index in [1.807, 2.05) is 0 Å². The molecule has 0 aliphatic heterocycles. The zero-order valence-corrected chi connectivity index (χ0v) is 11.4. The first-order valence-electron chi connectivity index (χ1n) is 5.59. The highest BCUT2D eigenvalue weighted by molar-refractivity contribution is 6.42. The molecule has 0 radical (unpaired) electrons. The zero-order chi connectivity index (χ0) is 13.4. The van der Waals surface area contributed by atoms with E-state index in [4.69, 9.17) is 27.9 Å². The summed E-state index contributed by atoms with van der Waals surface area (Å²) in [6.07, 6.45) is 2.82. The number of nitrogens with one attached hydrogen (secondary N) is 1. The molecule has 0 aliphatic rings. The minimum absolute atomic E-state index is 0.0445. The third kappa shape index (κ3) is 5.43. The van der Waals surface area contributed by atoms with Crippen molar-refractivity contribution in [1.82, 2.24) is 5.32 Å². The number of amides is 1. The summed E-state index contributed by atoms with van der Waals surface area (Å²) in [6.45, 7) is 4.49. The Kier molecular flexibility index (Phi) is 6.61. The van der Waals surface area contributed by atoms with Crippen molar-refractivity contribution < 1.29 is 9.53 Å². The Morgan fingerprint density at radius 3 is 2.83 bits per heavy atom. The van der Waals surface area contributed by atoms with Gasteiger partial charge in [-0.3, -0.25) is 4.79 Å². The standard InChI is InChI=1S/C13H15Cl2NO2/c1-2-3-7-16-13(17)6-8-18-10-4-5-11(14)12(15)9-10/h2,4-5,9H,1,3,6-8H2,(H,16,17). The molecular formula is C13H15Cl2NO2. The van der Waals surface area contributed by atoms with Crippen LogP contribution in [-0.4, -0.2) is 19.1 Å². The van der Waals surface area contributed by atoms with E-state index in [1.54, 1.807) is 24.3 Å². The second-order valence-corrected chi connectivity index (χ2v) is 4.42. The Labute approximate surface area is 117 Å². The normalized spacial score (nSPS) is 9.89. The van der Waals surface area contributed by atoms with E-state index in [0.717, 1.165) is 6.42 Å². The average Bonchev–Trinajstić information content (AvgIpc) is 2.34. The number of carbonyl (C=O) groups excluding carboxylic acids is 1. The smallest absolute Gasteiger partial charge is 0.223 e. The maximum Gasteiger partial charge on any atom is 0.223 e. The Bertz CT molecular complexity index is 421. The van der Waals surface area contributed by atoms with E-state index in [1.165, 1.54) is 0 Å². The lowest BCUT2D eigenvalue weighted by Crippen LogP contribution is -2.25.